The Bertz CT molecular complexity index is 732. The molecule has 1 aliphatic heterocycles. The second-order valence-corrected chi connectivity index (χ2v) is 6.05. The van der Waals surface area contributed by atoms with E-state index < -0.39 is 5.97 Å². The third-order valence-electron chi connectivity index (χ3n) is 4.61. The molecule has 2 heterocycles. The van der Waals surface area contributed by atoms with Crippen LogP contribution < -0.4 is 5.32 Å². The minimum absolute atomic E-state index is 0.0732. The number of nitrogens with one attached hydrogen (secondary N) is 2. The highest BCUT2D eigenvalue weighted by Crippen LogP contribution is 2.39. The van der Waals surface area contributed by atoms with E-state index in [9.17, 15) is 9.59 Å². The lowest BCUT2D eigenvalue weighted by molar-refractivity contribution is -0.119. The fourth-order valence-electron chi connectivity index (χ4n) is 3.17. The van der Waals surface area contributed by atoms with Gasteiger partial charge >= 0.3 is 5.97 Å². The van der Waals surface area contributed by atoms with E-state index in [1.165, 1.54) is 0 Å². The monoisotopic (exact) mass is 286 g/mol. The summed E-state index contributed by atoms with van der Waals surface area (Å²) in [5.74, 6) is -0.583. The van der Waals surface area contributed by atoms with Crippen LogP contribution in [0.15, 0.2) is 24.3 Å². The van der Waals surface area contributed by atoms with E-state index in [1.54, 1.807) is 6.07 Å². The Morgan fingerprint density at radius 2 is 2.10 bits per heavy atom. The van der Waals surface area contributed by atoms with Crippen molar-refractivity contribution in [3.05, 3.63) is 35.5 Å². The zero-order valence-corrected chi connectivity index (χ0v) is 12.1. The molecule has 3 rings (SSSR count). The van der Waals surface area contributed by atoms with Crippen LogP contribution in [0.5, 0.6) is 0 Å². The molecule has 5 heteroatoms. The van der Waals surface area contributed by atoms with Gasteiger partial charge in [-0.25, -0.2) is 4.79 Å². The molecule has 1 unspecified atom stereocenters. The average molecular weight is 286 g/mol. The molecule has 1 saturated heterocycles. The summed E-state index contributed by atoms with van der Waals surface area (Å²) in [5.41, 5.74) is 1.85. The summed E-state index contributed by atoms with van der Waals surface area (Å²) < 4.78 is 0. The fraction of sp³-hybridized carbons (Fsp3) is 0.375. The van der Waals surface area contributed by atoms with E-state index in [1.807, 2.05) is 18.2 Å². The SMILES string of the molecule is CC(C)C1(c2ccc3[nH]c(C(=O)O)cc3c2)CNC(=O)C1. The zero-order chi connectivity index (χ0) is 15.2. The summed E-state index contributed by atoms with van der Waals surface area (Å²) in [5, 5.41) is 12.8. The van der Waals surface area contributed by atoms with Crippen molar-refractivity contribution in [3.8, 4) is 0 Å². The summed E-state index contributed by atoms with van der Waals surface area (Å²) >= 11 is 0. The van der Waals surface area contributed by atoms with Crippen LogP contribution in [0, 0.1) is 5.92 Å². The van der Waals surface area contributed by atoms with Gasteiger partial charge in [0.1, 0.15) is 5.69 Å². The van der Waals surface area contributed by atoms with Crippen molar-refractivity contribution in [3.63, 3.8) is 0 Å². The number of carboxylic acids is 1. The minimum Gasteiger partial charge on any atom is -0.477 e. The standard InChI is InChI=1S/C16H18N2O3/c1-9(2)16(7-14(19)17-8-16)11-3-4-12-10(5-11)6-13(18-12)15(20)21/h3-6,9,18H,7-8H2,1-2H3,(H,17,19)(H,20,21). The Labute approximate surface area is 122 Å². The van der Waals surface area contributed by atoms with Gasteiger partial charge in [-0.2, -0.15) is 0 Å². The average Bonchev–Trinajstić information content (AvgIpc) is 3.01. The summed E-state index contributed by atoms with van der Waals surface area (Å²) in [7, 11) is 0. The number of benzene rings is 1. The van der Waals surface area contributed by atoms with Crippen molar-refractivity contribution in [2.45, 2.75) is 25.7 Å². The Kier molecular flexibility index (Phi) is 3.01. The van der Waals surface area contributed by atoms with E-state index in [-0.39, 0.29) is 17.0 Å². The molecule has 0 aliphatic carbocycles. The molecule has 1 aromatic heterocycles. The maximum Gasteiger partial charge on any atom is 0.352 e. The van der Waals surface area contributed by atoms with Crippen molar-refractivity contribution >= 4 is 22.8 Å². The summed E-state index contributed by atoms with van der Waals surface area (Å²) in [6, 6.07) is 7.52. The molecule has 0 bridgehead atoms. The number of amides is 1. The second kappa shape index (κ2) is 4.62. The third-order valence-corrected chi connectivity index (χ3v) is 4.61. The molecule has 3 N–H and O–H groups in total. The molecule has 21 heavy (non-hydrogen) atoms. The van der Waals surface area contributed by atoms with Crippen LogP contribution in [0.2, 0.25) is 0 Å². The van der Waals surface area contributed by atoms with Gasteiger partial charge in [-0.3, -0.25) is 4.79 Å². The molecule has 5 nitrogen and oxygen atoms in total. The van der Waals surface area contributed by atoms with E-state index in [0.717, 1.165) is 16.5 Å². The van der Waals surface area contributed by atoms with Crippen molar-refractivity contribution in [1.29, 1.82) is 0 Å². The Morgan fingerprint density at radius 1 is 1.33 bits per heavy atom. The molecule has 110 valence electrons. The molecule has 2 aromatic rings. The topological polar surface area (TPSA) is 82.2 Å². The fourth-order valence-corrected chi connectivity index (χ4v) is 3.17. The first kappa shape index (κ1) is 13.7. The van der Waals surface area contributed by atoms with Crippen LogP contribution >= 0.6 is 0 Å². The minimum atomic E-state index is -0.968. The van der Waals surface area contributed by atoms with Gasteiger partial charge in [-0.05, 0) is 29.7 Å². The normalized spacial score (nSPS) is 22.0. The maximum atomic E-state index is 11.7. The number of aromatic carboxylic acids is 1. The number of aromatic amines is 1. The smallest absolute Gasteiger partial charge is 0.352 e. The van der Waals surface area contributed by atoms with Gasteiger partial charge in [-0.15, -0.1) is 0 Å². The van der Waals surface area contributed by atoms with Crippen LogP contribution in [0.25, 0.3) is 10.9 Å². The van der Waals surface area contributed by atoms with Crippen molar-refractivity contribution in [2.24, 2.45) is 5.92 Å². The van der Waals surface area contributed by atoms with E-state index in [2.05, 4.69) is 24.1 Å². The van der Waals surface area contributed by atoms with E-state index >= 15 is 0 Å². The van der Waals surface area contributed by atoms with Crippen LogP contribution in [-0.2, 0) is 10.2 Å². The second-order valence-electron chi connectivity index (χ2n) is 6.05. The molecular formula is C16H18N2O3. The molecule has 1 amide bonds. The molecular weight excluding hydrogens is 268 g/mol. The third kappa shape index (κ3) is 2.09. The van der Waals surface area contributed by atoms with E-state index in [4.69, 9.17) is 5.11 Å². The lowest BCUT2D eigenvalue weighted by Crippen LogP contribution is -2.34. The van der Waals surface area contributed by atoms with Gasteiger partial charge in [0, 0.05) is 29.3 Å². The number of hydrogen-bond donors (Lipinski definition) is 3. The van der Waals surface area contributed by atoms with Crippen molar-refractivity contribution in [2.75, 3.05) is 6.54 Å². The first-order valence-electron chi connectivity index (χ1n) is 7.05. The summed E-state index contributed by atoms with van der Waals surface area (Å²) in [6.07, 6.45) is 0.479. The Morgan fingerprint density at radius 3 is 2.67 bits per heavy atom. The lowest BCUT2D eigenvalue weighted by atomic mass is 9.71. The highest BCUT2D eigenvalue weighted by atomic mass is 16.4. The number of carbonyl (C=O) groups is 2. The maximum absolute atomic E-state index is 11.7. The predicted octanol–water partition coefficient (Wildman–Crippen LogP) is 2.28. The van der Waals surface area contributed by atoms with Crippen molar-refractivity contribution < 1.29 is 14.7 Å². The van der Waals surface area contributed by atoms with Gasteiger partial charge in [0.2, 0.25) is 5.91 Å². The number of aromatic nitrogens is 1. The van der Waals surface area contributed by atoms with Gasteiger partial charge in [-0.1, -0.05) is 19.9 Å². The Hall–Kier alpha value is -2.30. The number of hydrogen-bond acceptors (Lipinski definition) is 2. The lowest BCUT2D eigenvalue weighted by Gasteiger charge is -2.32. The van der Waals surface area contributed by atoms with Crippen LogP contribution in [0.3, 0.4) is 0 Å². The highest BCUT2D eigenvalue weighted by molar-refractivity contribution is 5.94. The largest absolute Gasteiger partial charge is 0.477 e. The first-order valence-corrected chi connectivity index (χ1v) is 7.05. The molecule has 1 aromatic carbocycles. The first-order chi connectivity index (χ1) is 9.92. The molecule has 1 fully saturated rings. The van der Waals surface area contributed by atoms with Gasteiger partial charge < -0.3 is 15.4 Å². The number of rotatable bonds is 3. The van der Waals surface area contributed by atoms with Gasteiger partial charge in [0.15, 0.2) is 0 Å². The quantitative estimate of drug-likeness (QED) is 0.809. The van der Waals surface area contributed by atoms with Crippen LogP contribution in [0.4, 0.5) is 0 Å². The molecule has 1 aliphatic rings. The molecule has 0 saturated carbocycles. The highest BCUT2D eigenvalue weighted by Gasteiger charge is 2.42. The number of fused-ring (bicyclic) bond motifs is 1. The summed E-state index contributed by atoms with van der Waals surface area (Å²) in [4.78, 5) is 25.6. The zero-order valence-electron chi connectivity index (χ0n) is 12.1. The predicted molar refractivity (Wildman–Crippen MR) is 79.4 cm³/mol. The molecule has 0 spiro atoms. The van der Waals surface area contributed by atoms with Gasteiger partial charge in [0.25, 0.3) is 0 Å². The Balaban J connectivity index is 2.11. The summed E-state index contributed by atoms with van der Waals surface area (Å²) in [6.45, 7) is 4.86. The number of H-pyrrole nitrogens is 1. The van der Waals surface area contributed by atoms with Crippen LogP contribution in [-0.4, -0.2) is 28.5 Å². The number of carbonyl (C=O) groups excluding carboxylic acids is 1. The van der Waals surface area contributed by atoms with E-state index in [0.29, 0.717) is 18.9 Å². The van der Waals surface area contributed by atoms with Crippen molar-refractivity contribution in [1.82, 2.24) is 10.3 Å². The molecule has 0 radical (unpaired) electrons. The van der Waals surface area contributed by atoms with Crippen LogP contribution in [0.1, 0.15) is 36.3 Å². The van der Waals surface area contributed by atoms with Gasteiger partial charge in [0.05, 0.1) is 0 Å². The molecule has 1 atom stereocenters. The number of carboxylic acid groups (broad SMARTS) is 1.